The lowest BCUT2D eigenvalue weighted by molar-refractivity contribution is -0.119. The minimum Gasteiger partial charge on any atom is -0.353 e. The fraction of sp³-hybridized carbons (Fsp3) is 0.357. The molecule has 3 aromatic rings. The molecule has 0 radical (unpaired) electrons. The van der Waals surface area contributed by atoms with Crippen molar-refractivity contribution in [2.75, 3.05) is 5.75 Å². The number of rotatable bonds is 5. The second-order valence-corrected chi connectivity index (χ2v) is 5.87. The minimum atomic E-state index is 0.0231. The van der Waals surface area contributed by atoms with Gasteiger partial charge in [0.1, 0.15) is 0 Å². The van der Waals surface area contributed by atoms with Crippen molar-refractivity contribution < 1.29 is 4.79 Å². The number of nitrogens with zero attached hydrogens (tertiary/aromatic N) is 3. The highest BCUT2D eigenvalue weighted by Gasteiger charge is 2.13. The SMILES string of the molecule is CC[C@@H](C)NC(=O)CSc1n[nH]c2nc3ccccc3n12. The maximum absolute atomic E-state index is 11.9. The van der Waals surface area contributed by atoms with E-state index in [2.05, 4.69) is 20.5 Å². The van der Waals surface area contributed by atoms with Crippen molar-refractivity contribution in [1.82, 2.24) is 24.9 Å². The molecule has 0 saturated carbocycles. The number of hydrogen-bond acceptors (Lipinski definition) is 4. The summed E-state index contributed by atoms with van der Waals surface area (Å²) in [6, 6.07) is 8.07. The number of aromatic amines is 1. The summed E-state index contributed by atoms with van der Waals surface area (Å²) in [6.45, 7) is 4.05. The molecule has 110 valence electrons. The molecule has 0 saturated heterocycles. The maximum atomic E-state index is 11.9. The van der Waals surface area contributed by atoms with Crippen LogP contribution in [0.2, 0.25) is 0 Å². The molecule has 6 nitrogen and oxygen atoms in total. The molecule has 0 aliphatic rings. The molecule has 1 atom stereocenters. The molecule has 0 bridgehead atoms. The quantitative estimate of drug-likeness (QED) is 0.709. The Hall–Kier alpha value is -2.02. The number of carbonyl (C=O) groups excluding carboxylic acids is 1. The van der Waals surface area contributed by atoms with Crippen LogP contribution < -0.4 is 5.32 Å². The van der Waals surface area contributed by atoms with E-state index < -0.39 is 0 Å². The average Bonchev–Trinajstić information content (AvgIpc) is 3.04. The van der Waals surface area contributed by atoms with Crippen LogP contribution in [0.25, 0.3) is 16.8 Å². The van der Waals surface area contributed by atoms with Crippen LogP contribution in [0.5, 0.6) is 0 Å². The first kappa shape index (κ1) is 13.9. The highest BCUT2D eigenvalue weighted by molar-refractivity contribution is 7.99. The predicted molar refractivity (Wildman–Crippen MR) is 83.5 cm³/mol. The zero-order valence-electron chi connectivity index (χ0n) is 12.0. The van der Waals surface area contributed by atoms with Gasteiger partial charge in [0.25, 0.3) is 0 Å². The molecule has 21 heavy (non-hydrogen) atoms. The van der Waals surface area contributed by atoms with E-state index in [1.807, 2.05) is 42.5 Å². The Morgan fingerprint density at radius 2 is 2.29 bits per heavy atom. The van der Waals surface area contributed by atoms with Crippen LogP contribution in [-0.4, -0.2) is 37.3 Å². The summed E-state index contributed by atoms with van der Waals surface area (Å²) in [5, 5.41) is 10.8. The van der Waals surface area contributed by atoms with E-state index in [0.717, 1.165) is 22.6 Å². The van der Waals surface area contributed by atoms with Gasteiger partial charge in [-0.25, -0.2) is 10.1 Å². The van der Waals surface area contributed by atoms with Crippen molar-refractivity contribution in [2.45, 2.75) is 31.5 Å². The van der Waals surface area contributed by atoms with Crippen LogP contribution >= 0.6 is 11.8 Å². The van der Waals surface area contributed by atoms with Crippen molar-refractivity contribution in [3.63, 3.8) is 0 Å². The molecule has 3 rings (SSSR count). The summed E-state index contributed by atoms with van der Waals surface area (Å²) in [4.78, 5) is 16.3. The number of fused-ring (bicyclic) bond motifs is 3. The largest absolute Gasteiger partial charge is 0.353 e. The van der Waals surface area contributed by atoms with Gasteiger partial charge < -0.3 is 5.32 Å². The van der Waals surface area contributed by atoms with Crippen LogP contribution in [0, 0.1) is 0 Å². The summed E-state index contributed by atoms with van der Waals surface area (Å²) in [5.41, 5.74) is 1.91. The Labute approximate surface area is 126 Å². The number of para-hydroxylation sites is 2. The average molecular weight is 303 g/mol. The Kier molecular flexibility index (Phi) is 3.83. The van der Waals surface area contributed by atoms with E-state index in [-0.39, 0.29) is 11.9 Å². The number of aromatic nitrogens is 4. The van der Waals surface area contributed by atoms with Crippen LogP contribution in [0.3, 0.4) is 0 Å². The van der Waals surface area contributed by atoms with Crippen molar-refractivity contribution in [3.05, 3.63) is 24.3 Å². The van der Waals surface area contributed by atoms with E-state index in [1.165, 1.54) is 11.8 Å². The molecule has 0 aliphatic carbocycles. The standard InChI is InChI=1S/C14H17N5OS/c1-3-9(2)15-12(20)8-21-14-18-17-13-16-10-6-4-5-7-11(10)19(13)14/h4-7,9H,3,8H2,1-2H3,(H,15,20)(H,16,17)/t9-/m1/s1. The van der Waals surface area contributed by atoms with Crippen LogP contribution in [-0.2, 0) is 4.79 Å². The van der Waals surface area contributed by atoms with Gasteiger partial charge in [0.05, 0.1) is 16.8 Å². The Morgan fingerprint density at radius 1 is 1.48 bits per heavy atom. The van der Waals surface area contributed by atoms with Gasteiger partial charge in [-0.15, -0.1) is 5.10 Å². The smallest absolute Gasteiger partial charge is 0.231 e. The Morgan fingerprint density at radius 3 is 3.10 bits per heavy atom. The number of hydrogen-bond donors (Lipinski definition) is 2. The van der Waals surface area contributed by atoms with E-state index >= 15 is 0 Å². The molecular weight excluding hydrogens is 286 g/mol. The molecule has 0 fully saturated rings. The predicted octanol–water partition coefficient (Wildman–Crippen LogP) is 2.22. The zero-order valence-corrected chi connectivity index (χ0v) is 12.8. The number of imidazole rings is 1. The van der Waals surface area contributed by atoms with E-state index in [9.17, 15) is 4.79 Å². The van der Waals surface area contributed by atoms with Gasteiger partial charge in [-0.1, -0.05) is 30.8 Å². The summed E-state index contributed by atoms with van der Waals surface area (Å²) in [6.07, 6.45) is 0.926. The van der Waals surface area contributed by atoms with Crippen molar-refractivity contribution in [2.24, 2.45) is 0 Å². The summed E-state index contributed by atoms with van der Waals surface area (Å²) < 4.78 is 1.94. The molecule has 0 unspecified atom stereocenters. The minimum absolute atomic E-state index is 0.0231. The molecule has 2 N–H and O–H groups in total. The highest BCUT2D eigenvalue weighted by Crippen LogP contribution is 2.22. The van der Waals surface area contributed by atoms with E-state index in [0.29, 0.717) is 11.5 Å². The van der Waals surface area contributed by atoms with Gasteiger partial charge in [-0.2, -0.15) is 0 Å². The van der Waals surface area contributed by atoms with Gasteiger partial charge in [-0.3, -0.25) is 9.20 Å². The molecule has 7 heteroatoms. The fourth-order valence-corrected chi connectivity index (χ4v) is 2.86. The Balaban J connectivity index is 1.80. The Bertz CT molecular complexity index is 778. The number of amides is 1. The second kappa shape index (κ2) is 5.77. The van der Waals surface area contributed by atoms with E-state index in [1.54, 1.807) is 0 Å². The summed E-state index contributed by atoms with van der Waals surface area (Å²) in [7, 11) is 0. The first-order valence-corrected chi connectivity index (χ1v) is 7.91. The second-order valence-electron chi connectivity index (χ2n) is 4.93. The maximum Gasteiger partial charge on any atom is 0.231 e. The lowest BCUT2D eigenvalue weighted by atomic mass is 10.3. The third-order valence-corrected chi connectivity index (χ3v) is 4.29. The number of benzene rings is 1. The zero-order chi connectivity index (χ0) is 14.8. The van der Waals surface area contributed by atoms with Crippen molar-refractivity contribution in [1.29, 1.82) is 0 Å². The number of carbonyl (C=O) groups is 1. The van der Waals surface area contributed by atoms with Crippen molar-refractivity contribution >= 4 is 34.5 Å². The van der Waals surface area contributed by atoms with Gasteiger partial charge in [0.15, 0.2) is 5.16 Å². The topological polar surface area (TPSA) is 75.1 Å². The molecular formula is C14H17N5OS. The van der Waals surface area contributed by atoms with Gasteiger partial charge in [0, 0.05) is 6.04 Å². The normalized spacial score (nSPS) is 12.9. The number of nitrogens with one attached hydrogen (secondary N) is 2. The van der Waals surface area contributed by atoms with Crippen LogP contribution in [0.15, 0.2) is 29.4 Å². The molecule has 1 aromatic carbocycles. The number of H-pyrrole nitrogens is 1. The molecule has 1 amide bonds. The highest BCUT2D eigenvalue weighted by atomic mass is 32.2. The van der Waals surface area contributed by atoms with Gasteiger partial charge in [-0.05, 0) is 25.5 Å². The van der Waals surface area contributed by atoms with E-state index in [4.69, 9.17) is 0 Å². The van der Waals surface area contributed by atoms with Gasteiger partial charge in [0.2, 0.25) is 11.7 Å². The van der Waals surface area contributed by atoms with Crippen LogP contribution in [0.4, 0.5) is 0 Å². The lowest BCUT2D eigenvalue weighted by Gasteiger charge is -2.10. The first-order chi connectivity index (χ1) is 10.2. The molecule has 0 spiro atoms. The lowest BCUT2D eigenvalue weighted by Crippen LogP contribution is -2.33. The molecule has 2 aromatic heterocycles. The van der Waals surface area contributed by atoms with Crippen molar-refractivity contribution in [3.8, 4) is 0 Å². The summed E-state index contributed by atoms with van der Waals surface area (Å²) in [5.74, 6) is 1.06. The monoisotopic (exact) mass is 303 g/mol. The first-order valence-electron chi connectivity index (χ1n) is 6.92. The molecule has 2 heterocycles. The number of thioether (sulfide) groups is 1. The third-order valence-electron chi connectivity index (χ3n) is 3.36. The summed E-state index contributed by atoms with van der Waals surface area (Å²) >= 11 is 1.41. The van der Waals surface area contributed by atoms with Crippen LogP contribution in [0.1, 0.15) is 20.3 Å². The fourth-order valence-electron chi connectivity index (χ4n) is 2.09. The third kappa shape index (κ3) is 2.73. The molecule has 0 aliphatic heterocycles. The van der Waals surface area contributed by atoms with Gasteiger partial charge >= 0.3 is 0 Å².